The Morgan fingerprint density at radius 1 is 1.50 bits per heavy atom. The molecule has 12 heavy (non-hydrogen) atoms. The highest BCUT2D eigenvalue weighted by molar-refractivity contribution is 5.97. The maximum Gasteiger partial charge on any atom is 0.312 e. The van der Waals surface area contributed by atoms with Gasteiger partial charge >= 0.3 is 5.97 Å². The van der Waals surface area contributed by atoms with Gasteiger partial charge in [-0.2, -0.15) is 0 Å². The minimum Gasteiger partial charge on any atom is -0.460 e. The lowest BCUT2D eigenvalue weighted by Gasteiger charge is -2.19. The minimum atomic E-state index is -0.479. The van der Waals surface area contributed by atoms with E-state index in [0.717, 1.165) is 0 Å². The SMILES string of the molecule is C/C(CC(=O)OC(C)(C)C)=N\O. The van der Waals surface area contributed by atoms with Gasteiger partial charge in [-0.25, -0.2) is 0 Å². The molecule has 0 unspecified atom stereocenters. The molecule has 0 aliphatic carbocycles. The predicted molar refractivity (Wildman–Crippen MR) is 45.4 cm³/mol. The van der Waals surface area contributed by atoms with E-state index >= 15 is 0 Å². The van der Waals surface area contributed by atoms with E-state index in [4.69, 9.17) is 9.94 Å². The first-order valence-electron chi connectivity index (χ1n) is 3.74. The van der Waals surface area contributed by atoms with E-state index in [-0.39, 0.29) is 12.4 Å². The van der Waals surface area contributed by atoms with Crippen molar-refractivity contribution < 1.29 is 14.7 Å². The lowest BCUT2D eigenvalue weighted by molar-refractivity contribution is -0.153. The van der Waals surface area contributed by atoms with Crippen molar-refractivity contribution in [3.63, 3.8) is 0 Å². The zero-order valence-electron chi connectivity index (χ0n) is 7.92. The van der Waals surface area contributed by atoms with Crippen LogP contribution in [0, 0.1) is 0 Å². The number of hydrogen-bond donors (Lipinski definition) is 1. The molecule has 0 atom stereocenters. The van der Waals surface area contributed by atoms with Gasteiger partial charge in [-0.1, -0.05) is 5.16 Å². The molecule has 0 aliphatic rings. The Morgan fingerprint density at radius 3 is 2.33 bits per heavy atom. The third kappa shape index (κ3) is 5.70. The summed E-state index contributed by atoms with van der Waals surface area (Å²) < 4.78 is 4.98. The van der Waals surface area contributed by atoms with Crippen LogP contribution in [-0.4, -0.2) is 22.5 Å². The van der Waals surface area contributed by atoms with Gasteiger partial charge in [0.2, 0.25) is 0 Å². The fraction of sp³-hybridized carbons (Fsp3) is 0.750. The maximum absolute atomic E-state index is 11.0. The van der Waals surface area contributed by atoms with Crippen molar-refractivity contribution in [3.8, 4) is 0 Å². The molecular weight excluding hydrogens is 158 g/mol. The van der Waals surface area contributed by atoms with Crippen LogP contribution in [0.3, 0.4) is 0 Å². The number of esters is 1. The molecule has 1 N–H and O–H groups in total. The van der Waals surface area contributed by atoms with E-state index in [1.165, 1.54) is 0 Å². The molecule has 0 heterocycles. The van der Waals surface area contributed by atoms with Gasteiger partial charge in [0.15, 0.2) is 0 Å². The summed E-state index contributed by atoms with van der Waals surface area (Å²) in [6, 6.07) is 0. The molecule has 0 spiro atoms. The van der Waals surface area contributed by atoms with Crippen LogP contribution in [0.4, 0.5) is 0 Å². The van der Waals surface area contributed by atoms with Crippen LogP contribution in [0.5, 0.6) is 0 Å². The second kappa shape index (κ2) is 4.09. The Labute approximate surface area is 72.2 Å². The summed E-state index contributed by atoms with van der Waals surface area (Å²) in [5.74, 6) is -0.377. The van der Waals surface area contributed by atoms with E-state index in [1.807, 2.05) is 0 Å². The number of ether oxygens (including phenoxy) is 1. The number of rotatable bonds is 2. The van der Waals surface area contributed by atoms with Crippen LogP contribution < -0.4 is 0 Å². The zero-order chi connectivity index (χ0) is 9.78. The van der Waals surface area contributed by atoms with Crippen molar-refractivity contribution in [2.24, 2.45) is 5.16 Å². The van der Waals surface area contributed by atoms with Gasteiger partial charge in [0, 0.05) is 0 Å². The largest absolute Gasteiger partial charge is 0.460 e. The molecule has 0 aromatic rings. The van der Waals surface area contributed by atoms with Crippen molar-refractivity contribution >= 4 is 11.7 Å². The molecular formula is C8H15NO3. The molecule has 0 radical (unpaired) electrons. The molecule has 0 amide bonds. The molecule has 0 bridgehead atoms. The van der Waals surface area contributed by atoms with Gasteiger partial charge in [0.05, 0.1) is 12.1 Å². The number of hydrogen-bond acceptors (Lipinski definition) is 4. The lowest BCUT2D eigenvalue weighted by atomic mass is 10.2. The average Bonchev–Trinajstić information content (AvgIpc) is 1.82. The number of carbonyl (C=O) groups is 1. The Hall–Kier alpha value is -1.06. The molecule has 70 valence electrons. The topological polar surface area (TPSA) is 58.9 Å². The maximum atomic E-state index is 11.0. The number of carbonyl (C=O) groups excluding carboxylic acids is 1. The fourth-order valence-corrected chi connectivity index (χ4v) is 0.622. The summed E-state index contributed by atoms with van der Waals surface area (Å²) in [4.78, 5) is 11.0. The zero-order valence-corrected chi connectivity index (χ0v) is 7.92. The van der Waals surface area contributed by atoms with Crippen LogP contribution >= 0.6 is 0 Å². The second-order valence-corrected chi connectivity index (χ2v) is 3.60. The summed E-state index contributed by atoms with van der Waals surface area (Å²) in [5.41, 5.74) is -0.128. The average molecular weight is 173 g/mol. The van der Waals surface area contributed by atoms with Gasteiger partial charge < -0.3 is 9.94 Å². The molecule has 4 heteroatoms. The molecule has 4 nitrogen and oxygen atoms in total. The molecule has 0 fully saturated rings. The Kier molecular flexibility index (Phi) is 3.73. The fourth-order valence-electron chi connectivity index (χ4n) is 0.622. The van der Waals surface area contributed by atoms with Crippen molar-refractivity contribution in [3.05, 3.63) is 0 Å². The molecule has 0 saturated heterocycles. The first-order valence-corrected chi connectivity index (χ1v) is 3.74. The summed E-state index contributed by atoms with van der Waals surface area (Å²) in [5, 5.41) is 11.1. The highest BCUT2D eigenvalue weighted by Crippen LogP contribution is 2.08. The standard InChI is InChI=1S/C8H15NO3/c1-6(9-11)5-7(10)12-8(2,3)4/h11H,5H2,1-4H3/b9-6+. The number of oxime groups is 1. The van der Waals surface area contributed by atoms with Crippen LogP contribution in [0.15, 0.2) is 5.16 Å². The van der Waals surface area contributed by atoms with Crippen LogP contribution in [0.2, 0.25) is 0 Å². The van der Waals surface area contributed by atoms with Crippen LogP contribution in [0.25, 0.3) is 0 Å². The highest BCUT2D eigenvalue weighted by Gasteiger charge is 2.16. The van der Waals surface area contributed by atoms with E-state index in [1.54, 1.807) is 27.7 Å². The van der Waals surface area contributed by atoms with Crippen molar-refractivity contribution in [1.29, 1.82) is 0 Å². The second-order valence-electron chi connectivity index (χ2n) is 3.60. The molecule has 0 saturated carbocycles. The van der Waals surface area contributed by atoms with E-state index < -0.39 is 5.60 Å². The summed E-state index contributed by atoms with van der Waals surface area (Å²) in [6.45, 7) is 6.92. The molecule has 0 aromatic heterocycles. The van der Waals surface area contributed by atoms with E-state index in [2.05, 4.69) is 5.16 Å². The van der Waals surface area contributed by atoms with Crippen LogP contribution in [0.1, 0.15) is 34.1 Å². The first kappa shape index (κ1) is 10.9. The van der Waals surface area contributed by atoms with Crippen LogP contribution in [-0.2, 0) is 9.53 Å². The van der Waals surface area contributed by atoms with Crippen molar-refractivity contribution in [2.45, 2.75) is 39.7 Å². The highest BCUT2D eigenvalue weighted by atomic mass is 16.6. The van der Waals surface area contributed by atoms with E-state index in [0.29, 0.717) is 5.71 Å². The minimum absolute atomic E-state index is 0.0355. The van der Waals surface area contributed by atoms with Gasteiger partial charge in [0.1, 0.15) is 5.60 Å². The number of nitrogens with zero attached hydrogens (tertiary/aromatic N) is 1. The quantitative estimate of drug-likeness (QED) is 0.298. The van der Waals surface area contributed by atoms with Crippen molar-refractivity contribution in [2.75, 3.05) is 0 Å². The van der Waals surface area contributed by atoms with Gasteiger partial charge in [-0.15, -0.1) is 0 Å². The summed E-state index contributed by atoms with van der Waals surface area (Å²) >= 11 is 0. The van der Waals surface area contributed by atoms with E-state index in [9.17, 15) is 4.79 Å². The molecule has 0 aromatic carbocycles. The van der Waals surface area contributed by atoms with Crippen molar-refractivity contribution in [1.82, 2.24) is 0 Å². The monoisotopic (exact) mass is 173 g/mol. The Balaban J connectivity index is 3.92. The third-order valence-corrected chi connectivity index (χ3v) is 0.991. The molecule has 0 aliphatic heterocycles. The van der Waals surface area contributed by atoms with Gasteiger partial charge in [0.25, 0.3) is 0 Å². The summed E-state index contributed by atoms with van der Waals surface area (Å²) in [6.07, 6.45) is 0.0355. The molecule has 0 rings (SSSR count). The predicted octanol–water partition coefficient (Wildman–Crippen LogP) is 1.57. The Morgan fingerprint density at radius 2 is 2.00 bits per heavy atom. The Bertz CT molecular complexity index is 191. The smallest absolute Gasteiger partial charge is 0.312 e. The first-order chi connectivity index (χ1) is 5.35. The normalized spacial score (nSPS) is 12.8. The van der Waals surface area contributed by atoms with Gasteiger partial charge in [-0.3, -0.25) is 4.79 Å². The summed E-state index contributed by atoms with van der Waals surface area (Å²) in [7, 11) is 0. The van der Waals surface area contributed by atoms with Gasteiger partial charge in [-0.05, 0) is 27.7 Å². The third-order valence-electron chi connectivity index (χ3n) is 0.991. The lowest BCUT2D eigenvalue weighted by Crippen LogP contribution is -2.24.